The fourth-order valence-corrected chi connectivity index (χ4v) is 1.77. The minimum absolute atomic E-state index is 0.0351. The van der Waals surface area contributed by atoms with Crippen LogP contribution in [0.4, 0.5) is 0 Å². The number of rotatable bonds is 8. The molecule has 0 aliphatic heterocycles. The predicted molar refractivity (Wildman–Crippen MR) is 82.9 cm³/mol. The van der Waals surface area contributed by atoms with E-state index in [2.05, 4.69) is 16.0 Å². The number of hydrogen-bond donors (Lipinski definition) is 3. The second-order valence-corrected chi connectivity index (χ2v) is 6.07. The van der Waals surface area contributed by atoms with E-state index in [-0.39, 0.29) is 17.7 Å². The van der Waals surface area contributed by atoms with Gasteiger partial charge in [0.05, 0.1) is 6.04 Å². The Morgan fingerprint density at radius 3 is 1.73 bits per heavy atom. The minimum atomic E-state index is -0.802. The van der Waals surface area contributed by atoms with Crippen molar-refractivity contribution < 1.29 is 19.2 Å². The minimum Gasteiger partial charge on any atom is -0.345 e. The smallest absolute Gasteiger partial charge is 0.243 e. The average molecular weight is 313 g/mol. The van der Waals surface area contributed by atoms with Gasteiger partial charge in [-0.2, -0.15) is 0 Å². The predicted octanol–water partition coefficient (Wildman–Crippen LogP) is -0.00850. The van der Waals surface area contributed by atoms with Gasteiger partial charge < -0.3 is 20.7 Å². The Kier molecular flexibility index (Phi) is 8.37. The van der Waals surface area contributed by atoms with Crippen LogP contribution in [0.2, 0.25) is 0 Å². The third kappa shape index (κ3) is 6.69. The van der Waals surface area contributed by atoms with Crippen molar-refractivity contribution in [1.82, 2.24) is 16.0 Å². The molecular weight excluding hydrogens is 286 g/mol. The van der Waals surface area contributed by atoms with Crippen LogP contribution >= 0.6 is 0 Å². The highest BCUT2D eigenvalue weighted by atomic mass is 16.2. The molecule has 0 saturated carbocycles. The van der Waals surface area contributed by atoms with Crippen molar-refractivity contribution in [2.75, 3.05) is 0 Å². The van der Waals surface area contributed by atoms with E-state index in [1.54, 1.807) is 13.8 Å². The van der Waals surface area contributed by atoms with Crippen LogP contribution in [0.1, 0.15) is 41.5 Å². The van der Waals surface area contributed by atoms with E-state index in [0.717, 1.165) is 0 Å². The number of hydrogen-bond acceptors (Lipinski definition) is 4. The number of amides is 3. The highest BCUT2D eigenvalue weighted by Crippen LogP contribution is 2.03. The van der Waals surface area contributed by atoms with Crippen LogP contribution in [0.3, 0.4) is 0 Å². The zero-order valence-electron chi connectivity index (χ0n) is 14.1. The molecule has 0 heterocycles. The topological polar surface area (TPSA) is 104 Å². The second kappa shape index (κ2) is 9.17. The van der Waals surface area contributed by atoms with Gasteiger partial charge in [-0.1, -0.05) is 27.7 Å². The van der Waals surface area contributed by atoms with E-state index in [4.69, 9.17) is 0 Å². The Labute approximate surface area is 131 Å². The van der Waals surface area contributed by atoms with Gasteiger partial charge in [-0.25, -0.2) is 0 Å². The first-order chi connectivity index (χ1) is 10.1. The molecule has 0 saturated heterocycles. The van der Waals surface area contributed by atoms with Crippen molar-refractivity contribution in [1.29, 1.82) is 0 Å². The molecule has 0 aromatic heterocycles. The Hall–Kier alpha value is -1.92. The highest BCUT2D eigenvalue weighted by Gasteiger charge is 2.27. The van der Waals surface area contributed by atoms with E-state index >= 15 is 0 Å². The molecule has 0 aliphatic rings. The van der Waals surface area contributed by atoms with E-state index in [0.29, 0.717) is 6.29 Å². The summed E-state index contributed by atoms with van der Waals surface area (Å²) in [6.07, 6.45) is 0.672. The van der Waals surface area contributed by atoms with Crippen LogP contribution in [0.25, 0.3) is 0 Å². The maximum atomic E-state index is 12.1. The van der Waals surface area contributed by atoms with Crippen LogP contribution in [-0.4, -0.2) is 42.1 Å². The lowest BCUT2D eigenvalue weighted by Crippen LogP contribution is -2.55. The van der Waals surface area contributed by atoms with Crippen LogP contribution < -0.4 is 16.0 Å². The molecule has 0 rings (SSSR count). The van der Waals surface area contributed by atoms with Gasteiger partial charge in [-0.3, -0.25) is 14.4 Å². The number of carbonyl (C=O) groups is 4. The zero-order chi connectivity index (χ0) is 17.4. The number of carbonyl (C=O) groups excluding carboxylic acids is 4. The molecule has 0 fully saturated rings. The third-order valence-corrected chi connectivity index (χ3v) is 3.23. The monoisotopic (exact) mass is 313 g/mol. The lowest BCUT2D eigenvalue weighted by molar-refractivity contribution is -0.133. The van der Waals surface area contributed by atoms with E-state index in [1.807, 2.05) is 13.8 Å². The summed E-state index contributed by atoms with van der Waals surface area (Å²) in [5, 5.41) is 7.68. The fraction of sp³-hybridized carbons (Fsp3) is 0.733. The molecule has 0 aromatic rings. The first-order valence-electron chi connectivity index (χ1n) is 7.43. The molecule has 0 radical (unpaired) electrons. The quantitative estimate of drug-likeness (QED) is 0.548. The van der Waals surface area contributed by atoms with Crippen LogP contribution in [0, 0.1) is 11.8 Å². The lowest BCUT2D eigenvalue weighted by atomic mass is 10.0. The first kappa shape index (κ1) is 20.1. The van der Waals surface area contributed by atoms with E-state index < -0.39 is 29.9 Å². The number of nitrogens with one attached hydrogen (secondary N) is 3. The molecule has 22 heavy (non-hydrogen) atoms. The maximum absolute atomic E-state index is 12.1. The molecule has 0 spiro atoms. The molecule has 3 atom stereocenters. The van der Waals surface area contributed by atoms with Gasteiger partial charge in [0.15, 0.2) is 0 Å². The Bertz CT molecular complexity index is 421. The summed E-state index contributed by atoms with van der Waals surface area (Å²) in [6.45, 7) is 10.1. The molecule has 0 aliphatic carbocycles. The Balaban J connectivity index is 4.70. The molecular formula is C15H27N3O4. The third-order valence-electron chi connectivity index (χ3n) is 3.23. The van der Waals surface area contributed by atoms with Crippen molar-refractivity contribution in [3.05, 3.63) is 0 Å². The molecule has 7 heteroatoms. The summed E-state index contributed by atoms with van der Waals surface area (Å²) in [5.41, 5.74) is 0. The van der Waals surface area contributed by atoms with Crippen molar-refractivity contribution in [3.63, 3.8) is 0 Å². The van der Waals surface area contributed by atoms with Crippen molar-refractivity contribution >= 4 is 24.0 Å². The molecule has 3 N–H and O–H groups in total. The lowest BCUT2D eigenvalue weighted by Gasteiger charge is -2.24. The molecule has 0 aromatic carbocycles. The van der Waals surface area contributed by atoms with Gasteiger partial charge in [0.1, 0.15) is 18.4 Å². The van der Waals surface area contributed by atoms with Crippen molar-refractivity contribution in [2.45, 2.75) is 59.7 Å². The highest BCUT2D eigenvalue weighted by molar-refractivity contribution is 5.92. The van der Waals surface area contributed by atoms with Gasteiger partial charge in [-0.15, -0.1) is 0 Å². The molecule has 3 amide bonds. The van der Waals surface area contributed by atoms with Gasteiger partial charge in [-0.05, 0) is 18.8 Å². The van der Waals surface area contributed by atoms with Gasteiger partial charge in [0.2, 0.25) is 17.7 Å². The summed E-state index contributed by atoms with van der Waals surface area (Å²) in [6, 6.07) is -2.11. The van der Waals surface area contributed by atoms with Crippen molar-refractivity contribution in [2.24, 2.45) is 11.8 Å². The number of aldehydes is 1. The molecule has 126 valence electrons. The summed E-state index contributed by atoms with van der Waals surface area (Å²) in [4.78, 5) is 46.2. The summed E-state index contributed by atoms with van der Waals surface area (Å²) in [5.74, 6) is -1.33. The van der Waals surface area contributed by atoms with E-state index in [9.17, 15) is 19.2 Å². The first-order valence-corrected chi connectivity index (χ1v) is 7.43. The van der Waals surface area contributed by atoms with Gasteiger partial charge >= 0.3 is 0 Å². The van der Waals surface area contributed by atoms with E-state index in [1.165, 1.54) is 13.8 Å². The average Bonchev–Trinajstić information content (AvgIpc) is 2.40. The SMILES string of the molecule is CC(=O)NC(C(=O)NC(C)C(=O)NC(C=O)C(C)C)C(C)C. The molecule has 7 nitrogen and oxygen atoms in total. The van der Waals surface area contributed by atoms with Gasteiger partial charge in [0.25, 0.3) is 0 Å². The molecule has 0 bridgehead atoms. The van der Waals surface area contributed by atoms with Crippen molar-refractivity contribution in [3.8, 4) is 0 Å². The summed E-state index contributed by atoms with van der Waals surface area (Å²) in [7, 11) is 0. The second-order valence-electron chi connectivity index (χ2n) is 6.07. The normalized spacial score (nSPS) is 14.9. The summed E-state index contributed by atoms with van der Waals surface area (Å²) < 4.78 is 0. The van der Waals surface area contributed by atoms with Gasteiger partial charge in [0, 0.05) is 6.92 Å². The van der Waals surface area contributed by atoms with Crippen LogP contribution in [0.15, 0.2) is 0 Å². The zero-order valence-corrected chi connectivity index (χ0v) is 14.1. The Morgan fingerprint density at radius 2 is 1.36 bits per heavy atom. The summed E-state index contributed by atoms with van der Waals surface area (Å²) >= 11 is 0. The van der Waals surface area contributed by atoms with Crippen LogP contribution in [0.5, 0.6) is 0 Å². The Morgan fingerprint density at radius 1 is 0.818 bits per heavy atom. The standard InChI is InChI=1S/C15H27N3O4/c1-8(2)12(7-19)18-14(21)10(5)16-15(22)13(9(3)4)17-11(6)20/h7-10,12-13H,1-6H3,(H,16,22)(H,17,20)(H,18,21). The fourth-order valence-electron chi connectivity index (χ4n) is 1.77. The largest absolute Gasteiger partial charge is 0.345 e. The molecule has 3 unspecified atom stereocenters. The van der Waals surface area contributed by atoms with Crippen LogP contribution in [-0.2, 0) is 19.2 Å². The maximum Gasteiger partial charge on any atom is 0.243 e.